The molecule has 3 rings (SSSR count). The second-order valence-electron chi connectivity index (χ2n) is 5.11. The predicted octanol–water partition coefficient (Wildman–Crippen LogP) is 7.25. The van der Waals surface area contributed by atoms with Gasteiger partial charge in [-0.05, 0) is 53.4 Å². The molecule has 0 aliphatic rings. The maximum Gasteiger partial charge on any atom is 0.266 e. The lowest BCUT2D eigenvalue weighted by Gasteiger charge is -2.07. The van der Waals surface area contributed by atoms with Crippen LogP contribution < -0.4 is 5.32 Å². The lowest BCUT2D eigenvalue weighted by atomic mass is 10.2. The van der Waals surface area contributed by atoms with E-state index in [1.54, 1.807) is 42.1 Å². The fourth-order valence-corrected chi connectivity index (χ4v) is 4.51. The second kappa shape index (κ2) is 8.47. The summed E-state index contributed by atoms with van der Waals surface area (Å²) in [7, 11) is 0. The highest BCUT2D eigenvalue weighted by atomic mass is 35.5. The van der Waals surface area contributed by atoms with Crippen molar-refractivity contribution in [3.63, 3.8) is 0 Å². The summed E-state index contributed by atoms with van der Waals surface area (Å²) >= 11 is 20.8. The van der Waals surface area contributed by atoms with E-state index in [1.807, 2.05) is 23.6 Å². The number of rotatable bonds is 5. The first-order valence-electron chi connectivity index (χ1n) is 7.24. The number of hydrogen-bond acceptors (Lipinski definition) is 3. The minimum atomic E-state index is -0.131. The largest absolute Gasteiger partial charge is 0.321 e. The van der Waals surface area contributed by atoms with Crippen molar-refractivity contribution in [3.05, 3.63) is 79.4 Å². The molecule has 0 saturated heterocycles. The highest BCUT2D eigenvalue weighted by molar-refractivity contribution is 7.98. The SMILES string of the molecule is O=C(Nc1ccc(Cl)cc1)c1sccc1SCc1ccc(Cl)c(Cl)c1. The van der Waals surface area contributed by atoms with E-state index in [2.05, 4.69) is 5.32 Å². The highest BCUT2D eigenvalue weighted by Crippen LogP contribution is 2.32. The van der Waals surface area contributed by atoms with Crippen LogP contribution in [0.5, 0.6) is 0 Å². The molecule has 7 heteroatoms. The molecule has 1 heterocycles. The number of carbonyl (C=O) groups is 1. The number of thioether (sulfide) groups is 1. The van der Waals surface area contributed by atoms with Gasteiger partial charge in [0.25, 0.3) is 5.91 Å². The van der Waals surface area contributed by atoms with E-state index < -0.39 is 0 Å². The number of carbonyl (C=O) groups excluding carboxylic acids is 1. The van der Waals surface area contributed by atoms with Crippen molar-refractivity contribution in [1.82, 2.24) is 0 Å². The Labute approximate surface area is 169 Å². The Bertz CT molecular complexity index is 894. The Balaban J connectivity index is 1.68. The quantitative estimate of drug-likeness (QED) is 0.433. The van der Waals surface area contributed by atoms with E-state index in [1.165, 1.54) is 11.3 Å². The Morgan fingerprint density at radius 1 is 1.00 bits per heavy atom. The molecular weight excluding hydrogens is 417 g/mol. The van der Waals surface area contributed by atoms with Gasteiger partial charge in [0.1, 0.15) is 4.88 Å². The van der Waals surface area contributed by atoms with Crippen LogP contribution in [0.4, 0.5) is 5.69 Å². The van der Waals surface area contributed by atoms with Crippen molar-refractivity contribution >= 4 is 69.5 Å². The molecule has 0 fully saturated rings. The van der Waals surface area contributed by atoms with Gasteiger partial charge >= 0.3 is 0 Å². The number of halogens is 3. The average Bonchev–Trinajstić information content (AvgIpc) is 3.07. The molecule has 25 heavy (non-hydrogen) atoms. The monoisotopic (exact) mass is 427 g/mol. The van der Waals surface area contributed by atoms with Gasteiger partial charge in [0.05, 0.1) is 10.0 Å². The van der Waals surface area contributed by atoms with E-state index in [0.29, 0.717) is 31.4 Å². The standard InChI is InChI=1S/C18H12Cl3NOS2/c19-12-2-4-13(5-3-12)22-18(23)17-16(7-8-24-17)25-10-11-1-6-14(20)15(21)9-11/h1-9H,10H2,(H,22,23). The van der Waals surface area contributed by atoms with E-state index in [0.717, 1.165) is 10.5 Å². The molecule has 0 aliphatic carbocycles. The molecule has 1 N–H and O–H groups in total. The molecule has 0 bridgehead atoms. The Morgan fingerprint density at radius 3 is 2.48 bits per heavy atom. The number of amides is 1. The van der Waals surface area contributed by atoms with E-state index in [4.69, 9.17) is 34.8 Å². The summed E-state index contributed by atoms with van der Waals surface area (Å²) in [6.07, 6.45) is 0. The maximum absolute atomic E-state index is 12.5. The molecule has 0 aliphatic heterocycles. The van der Waals surface area contributed by atoms with E-state index in [-0.39, 0.29) is 5.91 Å². The lowest BCUT2D eigenvalue weighted by Crippen LogP contribution is -2.10. The number of benzene rings is 2. The Morgan fingerprint density at radius 2 is 1.76 bits per heavy atom. The molecule has 0 spiro atoms. The zero-order valence-corrected chi connectivity index (χ0v) is 16.7. The van der Waals surface area contributed by atoms with Crippen LogP contribution in [0.2, 0.25) is 15.1 Å². The zero-order valence-electron chi connectivity index (χ0n) is 12.8. The van der Waals surface area contributed by atoms with Crippen LogP contribution in [0.15, 0.2) is 58.8 Å². The van der Waals surface area contributed by atoms with Crippen LogP contribution in [0, 0.1) is 0 Å². The summed E-state index contributed by atoms with van der Waals surface area (Å²) in [6, 6.07) is 14.5. The normalized spacial score (nSPS) is 10.7. The molecule has 3 aromatic rings. The zero-order chi connectivity index (χ0) is 17.8. The first-order valence-corrected chi connectivity index (χ1v) is 10.2. The third-order valence-electron chi connectivity index (χ3n) is 3.32. The summed E-state index contributed by atoms with van der Waals surface area (Å²) in [6.45, 7) is 0. The Hall–Kier alpha value is -1.17. The topological polar surface area (TPSA) is 29.1 Å². The molecule has 1 amide bonds. The number of anilines is 1. The summed E-state index contributed by atoms with van der Waals surface area (Å²) in [4.78, 5) is 14.1. The molecule has 1 aromatic heterocycles. The van der Waals surface area contributed by atoms with Crippen molar-refractivity contribution in [1.29, 1.82) is 0 Å². The average molecular weight is 429 g/mol. The van der Waals surface area contributed by atoms with E-state index >= 15 is 0 Å². The van der Waals surface area contributed by atoms with Gasteiger partial charge in [-0.15, -0.1) is 23.1 Å². The van der Waals surface area contributed by atoms with Crippen LogP contribution in [-0.2, 0) is 5.75 Å². The minimum Gasteiger partial charge on any atom is -0.321 e. The molecule has 2 aromatic carbocycles. The van der Waals surface area contributed by atoms with Crippen LogP contribution in [-0.4, -0.2) is 5.91 Å². The van der Waals surface area contributed by atoms with Gasteiger partial charge in [0.15, 0.2) is 0 Å². The molecule has 2 nitrogen and oxygen atoms in total. The molecule has 0 radical (unpaired) electrons. The van der Waals surface area contributed by atoms with Crippen molar-refractivity contribution in [3.8, 4) is 0 Å². The number of thiophene rings is 1. The van der Waals surface area contributed by atoms with Crippen molar-refractivity contribution in [2.24, 2.45) is 0 Å². The predicted molar refractivity (Wildman–Crippen MR) is 110 cm³/mol. The van der Waals surface area contributed by atoms with Crippen molar-refractivity contribution in [2.45, 2.75) is 10.6 Å². The van der Waals surface area contributed by atoms with Gasteiger partial charge in [0, 0.05) is 21.4 Å². The number of hydrogen-bond donors (Lipinski definition) is 1. The Kier molecular flexibility index (Phi) is 6.31. The highest BCUT2D eigenvalue weighted by Gasteiger charge is 2.14. The summed E-state index contributed by atoms with van der Waals surface area (Å²) < 4.78 is 0. The van der Waals surface area contributed by atoms with Gasteiger partial charge in [-0.25, -0.2) is 0 Å². The number of nitrogens with one attached hydrogen (secondary N) is 1. The molecular formula is C18H12Cl3NOS2. The fraction of sp³-hybridized carbons (Fsp3) is 0.0556. The molecule has 0 unspecified atom stereocenters. The van der Waals surface area contributed by atoms with Gasteiger partial charge in [-0.2, -0.15) is 0 Å². The van der Waals surface area contributed by atoms with Crippen molar-refractivity contribution in [2.75, 3.05) is 5.32 Å². The summed E-state index contributed by atoms with van der Waals surface area (Å²) in [5.41, 5.74) is 1.76. The molecule has 128 valence electrons. The van der Waals surface area contributed by atoms with Crippen LogP contribution in [0.1, 0.15) is 15.2 Å². The van der Waals surface area contributed by atoms with Crippen LogP contribution in [0.3, 0.4) is 0 Å². The van der Waals surface area contributed by atoms with Crippen LogP contribution >= 0.6 is 57.9 Å². The van der Waals surface area contributed by atoms with Crippen molar-refractivity contribution < 1.29 is 4.79 Å². The second-order valence-corrected chi connectivity index (χ2v) is 8.30. The summed E-state index contributed by atoms with van der Waals surface area (Å²) in [5.74, 6) is 0.573. The molecule has 0 atom stereocenters. The third-order valence-corrected chi connectivity index (χ3v) is 6.48. The maximum atomic E-state index is 12.5. The van der Waals surface area contributed by atoms with Gasteiger partial charge in [-0.1, -0.05) is 40.9 Å². The fourth-order valence-electron chi connectivity index (χ4n) is 2.09. The van der Waals surface area contributed by atoms with E-state index in [9.17, 15) is 4.79 Å². The first kappa shape index (κ1) is 18.6. The van der Waals surface area contributed by atoms with Gasteiger partial charge in [0.2, 0.25) is 0 Å². The van der Waals surface area contributed by atoms with Gasteiger partial charge in [-0.3, -0.25) is 4.79 Å². The summed E-state index contributed by atoms with van der Waals surface area (Å²) in [5, 5.41) is 6.50. The van der Waals surface area contributed by atoms with Crippen LogP contribution in [0.25, 0.3) is 0 Å². The third kappa shape index (κ3) is 4.93. The smallest absolute Gasteiger partial charge is 0.266 e. The molecule has 0 saturated carbocycles. The lowest BCUT2D eigenvalue weighted by molar-refractivity contribution is 0.102. The van der Waals surface area contributed by atoms with Gasteiger partial charge < -0.3 is 5.32 Å². The minimum absolute atomic E-state index is 0.131. The first-order chi connectivity index (χ1) is 12.0.